The van der Waals surface area contributed by atoms with E-state index < -0.39 is 0 Å². The lowest BCUT2D eigenvalue weighted by Crippen LogP contribution is -2.27. The molecule has 1 nitrogen and oxygen atoms in total. The zero-order valence-corrected chi connectivity index (χ0v) is 11.0. The van der Waals surface area contributed by atoms with Gasteiger partial charge in [-0.3, -0.25) is 0 Å². The molecule has 1 heterocycles. The maximum Gasteiger partial charge on any atom is -0.00161 e. The van der Waals surface area contributed by atoms with Gasteiger partial charge in [-0.15, -0.1) is 0 Å². The Morgan fingerprint density at radius 2 is 1.53 bits per heavy atom. The lowest BCUT2D eigenvalue weighted by molar-refractivity contribution is 0.241. The number of rotatable bonds is 5. The molecule has 0 amide bonds. The summed E-state index contributed by atoms with van der Waals surface area (Å²) in [5, 5.41) is 0. The van der Waals surface area contributed by atoms with Crippen molar-refractivity contribution in [3.63, 3.8) is 0 Å². The van der Waals surface area contributed by atoms with E-state index in [2.05, 4.69) is 25.7 Å². The smallest absolute Gasteiger partial charge is 0.00161 e. The van der Waals surface area contributed by atoms with Gasteiger partial charge in [0, 0.05) is 0 Å². The molecular weight excluding hydrogens is 182 g/mol. The van der Waals surface area contributed by atoms with E-state index in [1.54, 1.807) is 0 Å². The second-order valence-electron chi connectivity index (χ2n) is 5.41. The maximum atomic E-state index is 2.69. The molecule has 0 aromatic heterocycles. The molecule has 1 fully saturated rings. The molecule has 0 spiro atoms. The SMILES string of the molecule is CCC(C)C(C)CCN1CCCCCC1. The molecule has 0 radical (unpaired) electrons. The van der Waals surface area contributed by atoms with Crippen molar-refractivity contribution in [3.05, 3.63) is 0 Å². The summed E-state index contributed by atoms with van der Waals surface area (Å²) in [6.07, 6.45) is 8.50. The first kappa shape index (κ1) is 13.0. The summed E-state index contributed by atoms with van der Waals surface area (Å²) in [6.45, 7) is 11.2. The first-order valence-corrected chi connectivity index (χ1v) is 6.96. The van der Waals surface area contributed by atoms with Crippen LogP contribution in [0.2, 0.25) is 0 Å². The van der Waals surface area contributed by atoms with Crippen LogP contribution >= 0.6 is 0 Å². The van der Waals surface area contributed by atoms with Crippen LogP contribution in [-0.4, -0.2) is 24.5 Å². The van der Waals surface area contributed by atoms with Crippen LogP contribution < -0.4 is 0 Å². The number of hydrogen-bond acceptors (Lipinski definition) is 1. The van der Waals surface area contributed by atoms with Gasteiger partial charge in [-0.1, -0.05) is 40.0 Å². The van der Waals surface area contributed by atoms with E-state index in [0.717, 1.165) is 11.8 Å². The third kappa shape index (κ3) is 5.01. The topological polar surface area (TPSA) is 3.24 Å². The molecule has 2 atom stereocenters. The number of hydrogen-bond donors (Lipinski definition) is 0. The molecule has 2 unspecified atom stereocenters. The van der Waals surface area contributed by atoms with Gasteiger partial charge in [0.2, 0.25) is 0 Å². The molecule has 0 aliphatic carbocycles. The highest BCUT2D eigenvalue weighted by molar-refractivity contribution is 4.67. The Balaban J connectivity index is 2.17. The van der Waals surface area contributed by atoms with E-state index >= 15 is 0 Å². The fourth-order valence-corrected chi connectivity index (χ4v) is 2.43. The van der Waals surface area contributed by atoms with Gasteiger partial charge in [0.25, 0.3) is 0 Å². The van der Waals surface area contributed by atoms with E-state index in [4.69, 9.17) is 0 Å². The first-order chi connectivity index (χ1) is 7.24. The third-order valence-electron chi connectivity index (χ3n) is 4.21. The summed E-state index contributed by atoms with van der Waals surface area (Å²) in [4.78, 5) is 2.69. The van der Waals surface area contributed by atoms with Crippen molar-refractivity contribution in [2.75, 3.05) is 19.6 Å². The van der Waals surface area contributed by atoms with Crippen molar-refractivity contribution < 1.29 is 0 Å². The van der Waals surface area contributed by atoms with Crippen LogP contribution in [0, 0.1) is 11.8 Å². The highest BCUT2D eigenvalue weighted by Gasteiger charge is 2.13. The lowest BCUT2D eigenvalue weighted by atomic mass is 9.91. The van der Waals surface area contributed by atoms with Gasteiger partial charge in [-0.25, -0.2) is 0 Å². The molecule has 1 heteroatoms. The minimum Gasteiger partial charge on any atom is -0.303 e. The van der Waals surface area contributed by atoms with Crippen LogP contribution in [0.3, 0.4) is 0 Å². The molecule has 0 aromatic carbocycles. The number of likely N-dealkylation sites (tertiary alicyclic amines) is 1. The molecule has 0 N–H and O–H groups in total. The van der Waals surface area contributed by atoms with Gasteiger partial charge < -0.3 is 4.90 Å². The lowest BCUT2D eigenvalue weighted by Gasteiger charge is -2.24. The molecule has 1 aliphatic heterocycles. The highest BCUT2D eigenvalue weighted by Crippen LogP contribution is 2.19. The average Bonchev–Trinajstić information content (AvgIpc) is 2.53. The summed E-state index contributed by atoms with van der Waals surface area (Å²) in [6, 6.07) is 0. The van der Waals surface area contributed by atoms with Gasteiger partial charge in [0.15, 0.2) is 0 Å². The molecule has 1 saturated heterocycles. The molecule has 15 heavy (non-hydrogen) atoms. The number of nitrogens with zero attached hydrogens (tertiary/aromatic N) is 1. The van der Waals surface area contributed by atoms with Gasteiger partial charge in [0.05, 0.1) is 0 Å². The largest absolute Gasteiger partial charge is 0.303 e. The Kier molecular flexibility index (Phi) is 6.31. The zero-order valence-electron chi connectivity index (χ0n) is 11.0. The van der Waals surface area contributed by atoms with Gasteiger partial charge in [-0.05, 0) is 50.7 Å². The van der Waals surface area contributed by atoms with Crippen LogP contribution in [0.15, 0.2) is 0 Å². The average molecular weight is 211 g/mol. The second-order valence-corrected chi connectivity index (χ2v) is 5.41. The summed E-state index contributed by atoms with van der Waals surface area (Å²) in [5.41, 5.74) is 0. The van der Waals surface area contributed by atoms with Gasteiger partial charge >= 0.3 is 0 Å². The Morgan fingerprint density at radius 3 is 2.07 bits per heavy atom. The van der Waals surface area contributed by atoms with Gasteiger partial charge in [0.1, 0.15) is 0 Å². The molecule has 0 bridgehead atoms. The van der Waals surface area contributed by atoms with E-state index in [1.165, 1.54) is 58.2 Å². The van der Waals surface area contributed by atoms with Gasteiger partial charge in [-0.2, -0.15) is 0 Å². The predicted molar refractivity (Wildman–Crippen MR) is 68.1 cm³/mol. The van der Waals surface area contributed by atoms with E-state index in [1.807, 2.05) is 0 Å². The van der Waals surface area contributed by atoms with Crippen LogP contribution in [0.25, 0.3) is 0 Å². The van der Waals surface area contributed by atoms with Crippen molar-refractivity contribution in [2.45, 2.75) is 59.3 Å². The Morgan fingerprint density at radius 1 is 0.933 bits per heavy atom. The maximum absolute atomic E-state index is 2.69. The van der Waals surface area contributed by atoms with E-state index in [9.17, 15) is 0 Å². The van der Waals surface area contributed by atoms with E-state index in [0.29, 0.717) is 0 Å². The Labute approximate surface area is 96.2 Å². The second kappa shape index (κ2) is 7.27. The molecule has 90 valence electrons. The summed E-state index contributed by atoms with van der Waals surface area (Å²) in [7, 11) is 0. The highest BCUT2D eigenvalue weighted by atomic mass is 15.1. The van der Waals surface area contributed by atoms with Crippen molar-refractivity contribution in [2.24, 2.45) is 11.8 Å². The van der Waals surface area contributed by atoms with Crippen LogP contribution in [0.4, 0.5) is 0 Å². The summed E-state index contributed by atoms with van der Waals surface area (Å²) >= 11 is 0. The zero-order chi connectivity index (χ0) is 11.1. The molecular formula is C14H29N. The van der Waals surface area contributed by atoms with Crippen LogP contribution in [0.5, 0.6) is 0 Å². The molecule has 1 rings (SSSR count). The Hall–Kier alpha value is -0.0400. The van der Waals surface area contributed by atoms with Crippen molar-refractivity contribution in [1.82, 2.24) is 4.90 Å². The Bertz CT molecular complexity index is 147. The molecule has 0 saturated carbocycles. The molecule has 0 aromatic rings. The quantitative estimate of drug-likeness (QED) is 0.666. The minimum absolute atomic E-state index is 0.900. The van der Waals surface area contributed by atoms with Crippen LogP contribution in [0.1, 0.15) is 59.3 Å². The first-order valence-electron chi connectivity index (χ1n) is 6.96. The molecule has 1 aliphatic rings. The standard InChI is InChI=1S/C14H29N/c1-4-13(2)14(3)9-12-15-10-7-5-6-8-11-15/h13-14H,4-12H2,1-3H3. The fraction of sp³-hybridized carbons (Fsp3) is 1.00. The predicted octanol–water partition coefficient (Wildman–Crippen LogP) is 3.93. The van der Waals surface area contributed by atoms with Crippen molar-refractivity contribution in [1.29, 1.82) is 0 Å². The summed E-state index contributed by atoms with van der Waals surface area (Å²) in [5.74, 6) is 1.80. The van der Waals surface area contributed by atoms with E-state index in [-0.39, 0.29) is 0 Å². The summed E-state index contributed by atoms with van der Waals surface area (Å²) < 4.78 is 0. The third-order valence-corrected chi connectivity index (χ3v) is 4.21. The monoisotopic (exact) mass is 211 g/mol. The van der Waals surface area contributed by atoms with Crippen molar-refractivity contribution >= 4 is 0 Å². The normalized spacial score (nSPS) is 23.4. The fourth-order valence-electron chi connectivity index (χ4n) is 2.43. The van der Waals surface area contributed by atoms with Crippen LogP contribution in [-0.2, 0) is 0 Å². The van der Waals surface area contributed by atoms with Crippen molar-refractivity contribution in [3.8, 4) is 0 Å². The minimum atomic E-state index is 0.900.